The summed E-state index contributed by atoms with van der Waals surface area (Å²) >= 11 is 3.20. The van der Waals surface area contributed by atoms with Crippen LogP contribution in [0.5, 0.6) is 0 Å². The molecular formula is C11H12BrN3O5S. The molecule has 10 heteroatoms. The molecule has 1 aliphatic rings. The zero-order chi connectivity index (χ0) is 15.9. The first kappa shape index (κ1) is 15.9. The van der Waals surface area contributed by atoms with Gasteiger partial charge in [-0.2, -0.15) is 0 Å². The first-order valence-electron chi connectivity index (χ1n) is 5.87. The maximum absolute atomic E-state index is 12.0. The third-order valence-electron chi connectivity index (χ3n) is 3.21. The van der Waals surface area contributed by atoms with E-state index in [0.29, 0.717) is 10.0 Å². The van der Waals surface area contributed by atoms with Crippen LogP contribution in [0.4, 0.5) is 11.4 Å². The number of amides is 1. The summed E-state index contributed by atoms with van der Waals surface area (Å²) in [6.07, 6.45) is -0.281. The number of carbonyl (C=O) groups excluding carboxylic acids is 1. The SMILES string of the molecule is Cc1cc(Br)c(N2CC(S(N)(=O)=O)CC2=O)c([N+](=O)[O-])c1. The van der Waals surface area contributed by atoms with Crippen molar-refractivity contribution in [2.75, 3.05) is 11.4 Å². The average Bonchev–Trinajstić information content (AvgIpc) is 2.70. The van der Waals surface area contributed by atoms with Gasteiger partial charge in [0, 0.05) is 23.5 Å². The van der Waals surface area contributed by atoms with Crippen molar-refractivity contribution in [3.63, 3.8) is 0 Å². The molecule has 0 aliphatic carbocycles. The van der Waals surface area contributed by atoms with Crippen molar-refractivity contribution in [3.8, 4) is 0 Å². The molecule has 21 heavy (non-hydrogen) atoms. The van der Waals surface area contributed by atoms with Crippen LogP contribution < -0.4 is 10.0 Å². The number of sulfonamides is 1. The first-order chi connectivity index (χ1) is 9.61. The summed E-state index contributed by atoms with van der Waals surface area (Å²) in [5.41, 5.74) is 0.444. The summed E-state index contributed by atoms with van der Waals surface area (Å²) in [7, 11) is -3.88. The van der Waals surface area contributed by atoms with Gasteiger partial charge in [0.1, 0.15) is 10.9 Å². The fourth-order valence-corrected chi connectivity index (χ4v) is 3.74. The van der Waals surface area contributed by atoms with E-state index < -0.39 is 26.1 Å². The first-order valence-corrected chi connectivity index (χ1v) is 8.28. The molecule has 0 aromatic heterocycles. The Balaban J connectivity index is 2.53. The highest BCUT2D eigenvalue weighted by molar-refractivity contribution is 9.10. The quantitative estimate of drug-likeness (QED) is 0.622. The fraction of sp³-hybridized carbons (Fsp3) is 0.364. The number of nitro groups is 1. The van der Waals surface area contributed by atoms with Gasteiger partial charge in [-0.3, -0.25) is 14.9 Å². The molecule has 2 N–H and O–H groups in total. The Bertz CT molecular complexity index is 734. The fourth-order valence-electron chi connectivity index (χ4n) is 2.23. The minimum absolute atomic E-state index is 0.0572. The smallest absolute Gasteiger partial charge is 0.294 e. The molecule has 1 aliphatic heterocycles. The normalized spacial score (nSPS) is 19.1. The number of benzene rings is 1. The summed E-state index contributed by atoms with van der Waals surface area (Å²) < 4.78 is 23.1. The minimum Gasteiger partial charge on any atom is -0.304 e. The van der Waals surface area contributed by atoms with Gasteiger partial charge in [0.15, 0.2) is 0 Å². The number of nitrogens with zero attached hydrogens (tertiary/aromatic N) is 2. The molecule has 0 saturated carbocycles. The van der Waals surface area contributed by atoms with Crippen LogP contribution >= 0.6 is 15.9 Å². The topological polar surface area (TPSA) is 124 Å². The van der Waals surface area contributed by atoms with Crippen molar-refractivity contribution in [3.05, 3.63) is 32.3 Å². The summed E-state index contributed by atoms with van der Waals surface area (Å²) in [4.78, 5) is 23.7. The Hall–Kier alpha value is -1.52. The van der Waals surface area contributed by atoms with Gasteiger partial charge in [-0.15, -0.1) is 0 Å². The number of hydrogen-bond acceptors (Lipinski definition) is 5. The lowest BCUT2D eigenvalue weighted by molar-refractivity contribution is -0.384. The number of hydrogen-bond donors (Lipinski definition) is 1. The van der Waals surface area contributed by atoms with E-state index in [-0.39, 0.29) is 24.3 Å². The molecule has 1 unspecified atom stereocenters. The zero-order valence-corrected chi connectivity index (χ0v) is 13.3. The van der Waals surface area contributed by atoms with Crippen LogP contribution in [0.2, 0.25) is 0 Å². The predicted molar refractivity (Wildman–Crippen MR) is 79.4 cm³/mol. The van der Waals surface area contributed by atoms with E-state index in [1.165, 1.54) is 6.07 Å². The molecule has 1 heterocycles. The number of aryl methyl sites for hydroxylation is 1. The van der Waals surface area contributed by atoms with E-state index in [0.717, 1.165) is 4.90 Å². The van der Waals surface area contributed by atoms with Crippen molar-refractivity contribution >= 4 is 43.2 Å². The Labute approximate surface area is 129 Å². The van der Waals surface area contributed by atoms with E-state index in [1.807, 2.05) is 0 Å². The van der Waals surface area contributed by atoms with Crippen LogP contribution in [0.15, 0.2) is 16.6 Å². The van der Waals surface area contributed by atoms with E-state index in [1.54, 1.807) is 13.0 Å². The molecule has 1 saturated heterocycles. The average molecular weight is 378 g/mol. The largest absolute Gasteiger partial charge is 0.304 e. The highest BCUT2D eigenvalue weighted by atomic mass is 79.9. The maximum Gasteiger partial charge on any atom is 0.294 e. The number of halogens is 1. The molecule has 0 bridgehead atoms. The summed E-state index contributed by atoms with van der Waals surface area (Å²) in [5, 5.41) is 15.2. The Kier molecular flexibility index (Phi) is 4.04. The van der Waals surface area contributed by atoms with Gasteiger partial charge in [0.25, 0.3) is 5.69 Å². The van der Waals surface area contributed by atoms with Crippen molar-refractivity contribution in [2.24, 2.45) is 5.14 Å². The second-order valence-electron chi connectivity index (χ2n) is 4.79. The molecule has 1 atom stereocenters. The number of carbonyl (C=O) groups is 1. The molecule has 8 nitrogen and oxygen atoms in total. The summed E-state index contributed by atoms with van der Waals surface area (Å²) in [6.45, 7) is 1.49. The van der Waals surface area contributed by atoms with Crippen molar-refractivity contribution < 1.29 is 18.1 Å². The van der Waals surface area contributed by atoms with Crippen molar-refractivity contribution in [2.45, 2.75) is 18.6 Å². The predicted octanol–water partition coefficient (Wildman–Crippen LogP) is 1.06. The van der Waals surface area contributed by atoms with Gasteiger partial charge < -0.3 is 4.90 Å². The molecule has 1 aromatic carbocycles. The molecule has 1 fully saturated rings. The number of rotatable bonds is 3. The van der Waals surface area contributed by atoms with Gasteiger partial charge >= 0.3 is 0 Å². The molecule has 0 radical (unpaired) electrons. The van der Waals surface area contributed by atoms with Crippen LogP contribution in [0.25, 0.3) is 0 Å². The van der Waals surface area contributed by atoms with Crippen LogP contribution in [-0.4, -0.2) is 31.0 Å². The van der Waals surface area contributed by atoms with Crippen LogP contribution in [0.1, 0.15) is 12.0 Å². The second kappa shape index (κ2) is 5.35. The number of primary sulfonamides is 1. The second-order valence-corrected chi connectivity index (χ2v) is 7.49. The molecule has 1 amide bonds. The number of nitrogens with two attached hydrogens (primary N) is 1. The standard InChI is InChI=1S/C11H12BrN3O5S/c1-6-2-8(12)11(9(3-6)15(17)18)14-5-7(4-10(14)16)21(13,19)20/h2-3,7H,4-5H2,1H3,(H2,13,19,20). The van der Waals surface area contributed by atoms with Crippen LogP contribution in [0, 0.1) is 17.0 Å². The van der Waals surface area contributed by atoms with Crippen molar-refractivity contribution in [1.82, 2.24) is 0 Å². The lowest BCUT2D eigenvalue weighted by atomic mass is 10.2. The summed E-state index contributed by atoms with van der Waals surface area (Å²) in [6, 6.07) is 2.96. The lowest BCUT2D eigenvalue weighted by Gasteiger charge is -2.18. The van der Waals surface area contributed by atoms with Crippen molar-refractivity contribution in [1.29, 1.82) is 0 Å². The highest BCUT2D eigenvalue weighted by Gasteiger charge is 2.40. The Morgan fingerprint density at radius 2 is 2.10 bits per heavy atom. The highest BCUT2D eigenvalue weighted by Crippen LogP contribution is 2.39. The van der Waals surface area contributed by atoms with Gasteiger partial charge in [-0.05, 0) is 34.5 Å². The van der Waals surface area contributed by atoms with E-state index >= 15 is 0 Å². The third kappa shape index (κ3) is 3.06. The minimum atomic E-state index is -3.88. The van der Waals surface area contributed by atoms with Crippen LogP contribution in [-0.2, 0) is 14.8 Å². The molecule has 2 rings (SSSR count). The van der Waals surface area contributed by atoms with Crippen LogP contribution in [0.3, 0.4) is 0 Å². The number of nitro benzene ring substituents is 1. The Morgan fingerprint density at radius 3 is 2.57 bits per heavy atom. The molecule has 0 spiro atoms. The van der Waals surface area contributed by atoms with Gasteiger partial charge in [-0.1, -0.05) is 0 Å². The van der Waals surface area contributed by atoms with E-state index in [9.17, 15) is 23.3 Å². The summed E-state index contributed by atoms with van der Waals surface area (Å²) in [5.74, 6) is -0.512. The Morgan fingerprint density at radius 1 is 1.48 bits per heavy atom. The maximum atomic E-state index is 12.0. The third-order valence-corrected chi connectivity index (χ3v) is 5.06. The molecule has 1 aromatic rings. The van der Waals surface area contributed by atoms with E-state index in [2.05, 4.69) is 15.9 Å². The number of anilines is 1. The monoisotopic (exact) mass is 377 g/mol. The van der Waals surface area contributed by atoms with E-state index in [4.69, 9.17) is 5.14 Å². The zero-order valence-electron chi connectivity index (χ0n) is 10.9. The molecule has 114 valence electrons. The lowest BCUT2D eigenvalue weighted by Crippen LogP contribution is -2.32. The van der Waals surface area contributed by atoms with Gasteiger partial charge in [0.2, 0.25) is 15.9 Å². The molecular weight excluding hydrogens is 366 g/mol. The van der Waals surface area contributed by atoms with Gasteiger partial charge in [0.05, 0.1) is 4.92 Å². The van der Waals surface area contributed by atoms with Gasteiger partial charge in [-0.25, -0.2) is 13.6 Å².